The van der Waals surface area contributed by atoms with Crippen LogP contribution in [0.5, 0.6) is 0 Å². The Labute approximate surface area is 245 Å². The van der Waals surface area contributed by atoms with Crippen LogP contribution in [0, 0.1) is 24.7 Å². The smallest absolute Gasteiger partial charge is 0.0153 e. The zero-order valence-corrected chi connectivity index (χ0v) is 24.2. The van der Waals surface area contributed by atoms with Crippen LogP contribution in [-0.4, -0.2) is 0 Å². The molecule has 0 saturated heterocycles. The van der Waals surface area contributed by atoms with Gasteiger partial charge in [-0.3, -0.25) is 0 Å². The minimum Gasteiger partial charge on any atom is -0.0836 e. The van der Waals surface area contributed by atoms with Crippen LogP contribution in [0.2, 0.25) is 0 Å². The van der Waals surface area contributed by atoms with E-state index in [-0.39, 0.29) is 0 Å². The molecule has 0 amide bonds. The molecule has 0 radical (unpaired) electrons. The van der Waals surface area contributed by atoms with E-state index in [4.69, 9.17) is 0 Å². The number of rotatable bonds is 7. The molecule has 0 heterocycles. The number of aryl methyl sites for hydroxylation is 1. The summed E-state index contributed by atoms with van der Waals surface area (Å²) in [6.45, 7) is 4.66. The summed E-state index contributed by atoms with van der Waals surface area (Å²) in [5.41, 5.74) is 14.6. The standard InChI is InChI=1S/C41H38/c1-28(33-17-19-37-24-40(37)22-33)20-32-16-18-36(21-29(32)2)34-14-9-15-35(23-34)41-26-38(30-10-5-3-6-11-30)25-39(27-41)31-12-7-4-8-13-31/h3,5-7,9-19,21-23,25-28,37,40H,4,8,20,24H2,1-2H3. The molecule has 3 unspecified atom stereocenters. The molecule has 1 fully saturated rings. The molecule has 4 aromatic carbocycles. The fourth-order valence-electron chi connectivity index (χ4n) is 6.53. The molecule has 0 nitrogen and oxygen atoms in total. The van der Waals surface area contributed by atoms with Gasteiger partial charge in [0.05, 0.1) is 0 Å². The summed E-state index contributed by atoms with van der Waals surface area (Å²) in [4.78, 5) is 0. The van der Waals surface area contributed by atoms with Crippen molar-refractivity contribution in [1.29, 1.82) is 0 Å². The summed E-state index contributed by atoms with van der Waals surface area (Å²) in [6.07, 6.45) is 19.0. The lowest BCUT2D eigenvalue weighted by Crippen LogP contribution is -2.05. The maximum atomic E-state index is 2.53. The van der Waals surface area contributed by atoms with E-state index in [1.54, 1.807) is 0 Å². The minimum absolute atomic E-state index is 0.556. The van der Waals surface area contributed by atoms with Gasteiger partial charge in [0, 0.05) is 0 Å². The lowest BCUT2D eigenvalue weighted by atomic mass is 9.87. The molecule has 0 spiro atoms. The second kappa shape index (κ2) is 11.0. The third-order valence-corrected chi connectivity index (χ3v) is 9.17. The van der Waals surface area contributed by atoms with Gasteiger partial charge in [0.25, 0.3) is 0 Å². The van der Waals surface area contributed by atoms with Crippen molar-refractivity contribution < 1.29 is 0 Å². The number of hydrogen-bond donors (Lipinski definition) is 0. The van der Waals surface area contributed by atoms with Crippen LogP contribution in [0.25, 0.3) is 39.0 Å². The molecule has 0 aliphatic heterocycles. The zero-order valence-electron chi connectivity index (χ0n) is 24.2. The van der Waals surface area contributed by atoms with E-state index in [1.165, 1.54) is 67.6 Å². The van der Waals surface area contributed by atoms with Gasteiger partial charge in [0.2, 0.25) is 0 Å². The first kappa shape index (κ1) is 25.8. The summed E-state index contributed by atoms with van der Waals surface area (Å²) in [5, 5.41) is 0. The van der Waals surface area contributed by atoms with Gasteiger partial charge in [0.1, 0.15) is 0 Å². The molecule has 0 aromatic heterocycles. The van der Waals surface area contributed by atoms with Crippen LogP contribution in [0.15, 0.2) is 133 Å². The molecule has 0 N–H and O–H groups in total. The van der Waals surface area contributed by atoms with E-state index >= 15 is 0 Å². The second-order valence-corrected chi connectivity index (χ2v) is 12.2. The summed E-state index contributed by atoms with van der Waals surface area (Å²) < 4.78 is 0. The first-order valence-electron chi connectivity index (χ1n) is 15.3. The quantitative estimate of drug-likeness (QED) is 0.223. The van der Waals surface area contributed by atoms with Crippen molar-refractivity contribution in [1.82, 2.24) is 0 Å². The van der Waals surface area contributed by atoms with Gasteiger partial charge in [-0.2, -0.15) is 0 Å². The molecule has 4 aromatic rings. The van der Waals surface area contributed by atoms with Crippen LogP contribution >= 0.6 is 0 Å². The van der Waals surface area contributed by atoms with E-state index in [0.29, 0.717) is 5.92 Å². The molecule has 1 saturated carbocycles. The maximum Gasteiger partial charge on any atom is -0.0153 e. The molecule has 202 valence electrons. The first-order valence-corrected chi connectivity index (χ1v) is 15.3. The van der Waals surface area contributed by atoms with Crippen molar-refractivity contribution in [2.45, 2.75) is 39.5 Å². The lowest BCUT2D eigenvalue weighted by Gasteiger charge is -2.18. The van der Waals surface area contributed by atoms with E-state index in [2.05, 4.69) is 141 Å². The Kier molecular flexibility index (Phi) is 6.93. The Morgan fingerprint density at radius 2 is 1.37 bits per heavy atom. The molecule has 3 atom stereocenters. The van der Waals surface area contributed by atoms with Crippen LogP contribution in [0.3, 0.4) is 0 Å². The van der Waals surface area contributed by atoms with Crippen molar-refractivity contribution in [2.75, 3.05) is 0 Å². The van der Waals surface area contributed by atoms with Gasteiger partial charge < -0.3 is 0 Å². The molecular weight excluding hydrogens is 492 g/mol. The van der Waals surface area contributed by atoms with Crippen molar-refractivity contribution in [2.24, 2.45) is 17.8 Å². The normalized spacial score (nSPS) is 19.8. The van der Waals surface area contributed by atoms with Gasteiger partial charge in [-0.1, -0.05) is 110 Å². The van der Waals surface area contributed by atoms with E-state index in [1.807, 2.05) is 0 Å². The third kappa shape index (κ3) is 5.57. The maximum absolute atomic E-state index is 2.53. The van der Waals surface area contributed by atoms with E-state index < -0.39 is 0 Å². The van der Waals surface area contributed by atoms with Gasteiger partial charge in [-0.15, -0.1) is 0 Å². The molecular formula is C41H38. The number of hydrogen-bond acceptors (Lipinski definition) is 0. The molecule has 3 aliphatic carbocycles. The predicted octanol–water partition coefficient (Wildman–Crippen LogP) is 11.0. The Morgan fingerprint density at radius 1 is 0.659 bits per heavy atom. The van der Waals surface area contributed by atoms with Gasteiger partial charge >= 0.3 is 0 Å². The zero-order chi connectivity index (χ0) is 27.8. The Bertz CT molecular complexity index is 1710. The van der Waals surface area contributed by atoms with Crippen molar-refractivity contribution in [3.8, 4) is 33.4 Å². The molecule has 0 bridgehead atoms. The lowest BCUT2D eigenvalue weighted by molar-refractivity contribution is 0.679. The van der Waals surface area contributed by atoms with E-state index in [0.717, 1.165) is 31.1 Å². The first-order chi connectivity index (χ1) is 20.1. The Balaban J connectivity index is 1.19. The van der Waals surface area contributed by atoms with Gasteiger partial charge in [-0.25, -0.2) is 0 Å². The average Bonchev–Trinajstić information content (AvgIpc) is 3.82. The third-order valence-electron chi connectivity index (χ3n) is 9.17. The largest absolute Gasteiger partial charge is 0.0836 e. The Morgan fingerprint density at radius 3 is 2.12 bits per heavy atom. The SMILES string of the molecule is Cc1cc(-c2cccc(-c3cc(C4=CCCC=C4)cc(-c4ccccc4)c3)c2)ccc1CC(C)C1=CC2CC2C=C1. The summed E-state index contributed by atoms with van der Waals surface area (Å²) in [6, 6.07) is 33.9. The van der Waals surface area contributed by atoms with Crippen molar-refractivity contribution in [3.63, 3.8) is 0 Å². The van der Waals surface area contributed by atoms with Crippen LogP contribution in [0.4, 0.5) is 0 Å². The average molecular weight is 531 g/mol. The van der Waals surface area contributed by atoms with E-state index in [9.17, 15) is 0 Å². The van der Waals surface area contributed by atoms with Crippen LogP contribution in [-0.2, 0) is 6.42 Å². The van der Waals surface area contributed by atoms with Crippen LogP contribution in [0.1, 0.15) is 42.9 Å². The van der Waals surface area contributed by atoms with Gasteiger partial charge in [0.15, 0.2) is 0 Å². The predicted molar refractivity (Wildman–Crippen MR) is 176 cm³/mol. The number of fused-ring (bicyclic) bond motifs is 1. The van der Waals surface area contributed by atoms with Crippen LogP contribution < -0.4 is 0 Å². The summed E-state index contributed by atoms with van der Waals surface area (Å²) in [5.74, 6) is 2.20. The monoisotopic (exact) mass is 530 g/mol. The minimum atomic E-state index is 0.556. The molecule has 41 heavy (non-hydrogen) atoms. The fraction of sp³-hybridized carbons (Fsp3) is 0.220. The molecule has 0 heteroatoms. The summed E-state index contributed by atoms with van der Waals surface area (Å²) in [7, 11) is 0. The highest BCUT2D eigenvalue weighted by atomic mass is 14.4. The number of allylic oxidation sites excluding steroid dienone is 8. The molecule has 3 aliphatic rings. The topological polar surface area (TPSA) is 0 Å². The molecule has 7 rings (SSSR count). The second-order valence-electron chi connectivity index (χ2n) is 12.2. The fourth-order valence-corrected chi connectivity index (χ4v) is 6.53. The highest BCUT2D eigenvalue weighted by Gasteiger charge is 2.35. The van der Waals surface area contributed by atoms with Crippen molar-refractivity contribution in [3.05, 3.63) is 150 Å². The summed E-state index contributed by atoms with van der Waals surface area (Å²) >= 11 is 0. The Hall–Kier alpha value is -4.16. The van der Waals surface area contributed by atoms with Crippen molar-refractivity contribution >= 4 is 5.57 Å². The highest BCUT2D eigenvalue weighted by molar-refractivity contribution is 5.84. The highest BCUT2D eigenvalue weighted by Crippen LogP contribution is 2.45. The van der Waals surface area contributed by atoms with Gasteiger partial charge in [-0.05, 0) is 136 Å². The number of benzene rings is 4.